The van der Waals surface area contributed by atoms with E-state index in [1.165, 1.54) is 10.5 Å². The quantitative estimate of drug-likeness (QED) is 0.280. The number of nitrogens with one attached hydrogen (secondary N) is 1. The minimum atomic E-state index is -0.512. The predicted octanol–water partition coefficient (Wildman–Crippen LogP) is 5.62. The molecule has 0 atom stereocenters. The average Bonchev–Trinajstić information content (AvgIpc) is 3.09. The van der Waals surface area contributed by atoms with E-state index in [-0.39, 0.29) is 16.1 Å². The number of hydrogen-bond donors (Lipinski definition) is 1. The van der Waals surface area contributed by atoms with Crippen LogP contribution in [0.15, 0.2) is 60.2 Å². The Morgan fingerprint density at radius 3 is 2.33 bits per heavy atom. The number of hydrogen-bond acceptors (Lipinski definition) is 4. The van der Waals surface area contributed by atoms with Gasteiger partial charge in [-0.3, -0.25) is 19.8 Å². The maximum Gasteiger partial charge on any atom is 0.270 e. The van der Waals surface area contributed by atoms with Gasteiger partial charge in [0.05, 0.1) is 12.3 Å². The molecule has 1 N–H and O–H groups in total. The van der Waals surface area contributed by atoms with Gasteiger partial charge in [-0.1, -0.05) is 39.0 Å². The van der Waals surface area contributed by atoms with Crippen LogP contribution in [0.1, 0.15) is 50.2 Å². The molecule has 1 saturated heterocycles. The molecule has 6 nitrogen and oxygen atoms in total. The molecule has 1 aromatic heterocycles. The molecule has 0 aliphatic carbocycles. The summed E-state index contributed by atoms with van der Waals surface area (Å²) in [5.74, 6) is -0.368. The van der Waals surface area contributed by atoms with Gasteiger partial charge in [0.15, 0.2) is 5.11 Å². The van der Waals surface area contributed by atoms with Crippen molar-refractivity contribution in [3.63, 3.8) is 0 Å². The molecular weight excluding hydrogens is 470 g/mol. The highest BCUT2D eigenvalue weighted by Gasteiger charge is 2.35. The number of amides is 2. The summed E-state index contributed by atoms with van der Waals surface area (Å²) in [5, 5.41) is 2.70. The molecule has 2 amide bonds. The average molecular weight is 502 g/mol. The highest BCUT2D eigenvalue weighted by atomic mass is 32.1. The van der Waals surface area contributed by atoms with Gasteiger partial charge in [0, 0.05) is 23.1 Å². The van der Waals surface area contributed by atoms with Gasteiger partial charge in [0.25, 0.3) is 11.8 Å². The van der Waals surface area contributed by atoms with Crippen molar-refractivity contribution in [3.05, 3.63) is 82.7 Å². The monoisotopic (exact) mass is 501 g/mol. The number of benzene rings is 2. The van der Waals surface area contributed by atoms with E-state index in [9.17, 15) is 9.59 Å². The van der Waals surface area contributed by atoms with Crippen LogP contribution in [0.5, 0.6) is 5.75 Å². The Morgan fingerprint density at radius 1 is 1.00 bits per heavy atom. The summed E-state index contributed by atoms with van der Waals surface area (Å²) in [6.45, 7) is 12.9. The molecule has 186 valence electrons. The first-order valence-electron chi connectivity index (χ1n) is 12.0. The number of carbonyl (C=O) groups excluding carboxylic acids is 2. The Labute approximate surface area is 217 Å². The van der Waals surface area contributed by atoms with Crippen LogP contribution in [0.2, 0.25) is 0 Å². The van der Waals surface area contributed by atoms with Crippen molar-refractivity contribution in [1.29, 1.82) is 0 Å². The molecule has 3 aromatic rings. The summed E-state index contributed by atoms with van der Waals surface area (Å²) >= 11 is 5.34. The zero-order valence-corrected chi connectivity index (χ0v) is 22.3. The molecule has 4 rings (SSSR count). The summed E-state index contributed by atoms with van der Waals surface area (Å²) in [4.78, 5) is 27.6. The Morgan fingerprint density at radius 2 is 1.69 bits per heavy atom. The van der Waals surface area contributed by atoms with Crippen molar-refractivity contribution in [3.8, 4) is 11.4 Å². The van der Waals surface area contributed by atoms with Gasteiger partial charge in [0.2, 0.25) is 0 Å². The molecule has 7 heteroatoms. The number of aromatic nitrogens is 1. The minimum Gasteiger partial charge on any atom is -0.494 e. The van der Waals surface area contributed by atoms with E-state index >= 15 is 0 Å². The summed E-state index contributed by atoms with van der Waals surface area (Å²) in [6, 6.07) is 17.5. The van der Waals surface area contributed by atoms with E-state index < -0.39 is 11.8 Å². The fraction of sp³-hybridized carbons (Fsp3) is 0.276. The number of thiocarbonyl (C=S) groups is 1. The molecule has 0 radical (unpaired) electrons. The molecule has 0 spiro atoms. The van der Waals surface area contributed by atoms with E-state index in [0.717, 1.165) is 22.6 Å². The van der Waals surface area contributed by atoms with E-state index in [1.54, 1.807) is 24.3 Å². The molecule has 1 aliphatic rings. The molecule has 0 saturated carbocycles. The SMILES string of the molecule is CCOc1cccc(N2C(=O)/C(=C/c3cc(C)n(-c4ccc(C(C)(C)C)cc4)c3C)C(=O)NC2=S)c1. The standard InChI is InChI=1S/C29H31N3O3S/c1-7-35-24-10-8-9-23(17-24)32-27(34)25(26(33)30-28(32)36)16-20-15-18(2)31(19(20)3)22-13-11-21(12-14-22)29(4,5)6/h8-17H,7H2,1-6H3,(H,30,33,36)/b25-16+. The third-order valence-corrected chi connectivity index (χ3v) is 6.53. The van der Waals surface area contributed by atoms with E-state index in [0.29, 0.717) is 18.0 Å². The first kappa shape index (κ1) is 25.4. The molecular formula is C29H31N3O3S. The fourth-order valence-corrected chi connectivity index (χ4v) is 4.65. The van der Waals surface area contributed by atoms with Crippen molar-refractivity contribution in [2.75, 3.05) is 11.5 Å². The Bertz CT molecular complexity index is 1380. The van der Waals surface area contributed by atoms with Gasteiger partial charge in [0.1, 0.15) is 11.3 Å². The van der Waals surface area contributed by atoms with Gasteiger partial charge < -0.3 is 9.30 Å². The van der Waals surface area contributed by atoms with Crippen LogP contribution >= 0.6 is 12.2 Å². The lowest BCUT2D eigenvalue weighted by Crippen LogP contribution is -2.54. The summed E-state index contributed by atoms with van der Waals surface area (Å²) in [6.07, 6.45) is 1.64. The number of rotatable bonds is 5. The van der Waals surface area contributed by atoms with E-state index in [4.69, 9.17) is 17.0 Å². The van der Waals surface area contributed by atoms with Gasteiger partial charge in [-0.2, -0.15) is 0 Å². The van der Waals surface area contributed by atoms with Crippen LogP contribution in [0.25, 0.3) is 11.8 Å². The number of ether oxygens (including phenoxy) is 1. The van der Waals surface area contributed by atoms with Crippen LogP contribution in [0, 0.1) is 13.8 Å². The highest BCUT2D eigenvalue weighted by Crippen LogP contribution is 2.29. The lowest BCUT2D eigenvalue weighted by Gasteiger charge is -2.29. The minimum absolute atomic E-state index is 0.0220. The highest BCUT2D eigenvalue weighted by molar-refractivity contribution is 7.80. The zero-order chi connectivity index (χ0) is 26.2. The van der Waals surface area contributed by atoms with Gasteiger partial charge in [-0.15, -0.1) is 0 Å². The second-order valence-corrected chi connectivity index (χ2v) is 10.2. The fourth-order valence-electron chi connectivity index (χ4n) is 4.37. The van der Waals surface area contributed by atoms with Crippen LogP contribution in [0.3, 0.4) is 0 Å². The first-order valence-corrected chi connectivity index (χ1v) is 12.4. The molecule has 1 fully saturated rings. The van der Waals surface area contributed by atoms with E-state index in [2.05, 4.69) is 54.9 Å². The smallest absolute Gasteiger partial charge is 0.270 e. The van der Waals surface area contributed by atoms with Crippen LogP contribution < -0.4 is 15.0 Å². The Kier molecular flexibility index (Phi) is 6.87. The normalized spacial score (nSPS) is 15.4. The van der Waals surface area contributed by atoms with Crippen molar-refractivity contribution in [2.24, 2.45) is 0 Å². The predicted molar refractivity (Wildman–Crippen MR) is 148 cm³/mol. The molecule has 0 bridgehead atoms. The number of carbonyl (C=O) groups is 2. The second-order valence-electron chi connectivity index (χ2n) is 9.85. The van der Waals surface area contributed by atoms with Crippen LogP contribution in [0.4, 0.5) is 5.69 Å². The van der Waals surface area contributed by atoms with Crippen molar-refractivity contribution >= 4 is 40.9 Å². The lowest BCUT2D eigenvalue weighted by atomic mass is 9.87. The largest absolute Gasteiger partial charge is 0.494 e. The van der Waals surface area contributed by atoms with Crippen molar-refractivity contribution in [1.82, 2.24) is 9.88 Å². The molecule has 2 aromatic carbocycles. The van der Waals surface area contributed by atoms with Gasteiger partial charge in [-0.05, 0) is 85.9 Å². The first-order chi connectivity index (χ1) is 17.0. The van der Waals surface area contributed by atoms with Crippen LogP contribution in [-0.4, -0.2) is 28.1 Å². The van der Waals surface area contributed by atoms with Gasteiger partial charge in [-0.25, -0.2) is 0 Å². The van der Waals surface area contributed by atoms with Crippen molar-refractivity contribution in [2.45, 2.75) is 47.0 Å². The third-order valence-electron chi connectivity index (χ3n) is 6.25. The molecule has 0 unspecified atom stereocenters. The van der Waals surface area contributed by atoms with Crippen LogP contribution in [-0.2, 0) is 15.0 Å². The summed E-state index contributed by atoms with van der Waals surface area (Å²) < 4.78 is 7.69. The summed E-state index contributed by atoms with van der Waals surface area (Å²) in [5.41, 5.74) is 5.63. The number of aryl methyl sites for hydroxylation is 1. The Hall–Kier alpha value is -3.71. The van der Waals surface area contributed by atoms with Crippen molar-refractivity contribution < 1.29 is 14.3 Å². The Balaban J connectivity index is 1.71. The summed E-state index contributed by atoms with van der Waals surface area (Å²) in [7, 11) is 0. The topological polar surface area (TPSA) is 63.6 Å². The maximum absolute atomic E-state index is 13.5. The van der Waals surface area contributed by atoms with Gasteiger partial charge >= 0.3 is 0 Å². The zero-order valence-electron chi connectivity index (χ0n) is 21.5. The second kappa shape index (κ2) is 9.74. The third kappa shape index (κ3) is 4.84. The molecule has 2 heterocycles. The lowest BCUT2D eigenvalue weighted by molar-refractivity contribution is -0.122. The number of nitrogens with zero attached hydrogens (tertiary/aromatic N) is 2. The number of anilines is 1. The molecule has 36 heavy (non-hydrogen) atoms. The molecule has 1 aliphatic heterocycles. The maximum atomic E-state index is 13.5. The van der Waals surface area contributed by atoms with E-state index in [1.807, 2.05) is 32.9 Å².